The molecule has 14 heavy (non-hydrogen) atoms. The van der Waals surface area contributed by atoms with Crippen LogP contribution >= 0.6 is 11.6 Å². The summed E-state index contributed by atoms with van der Waals surface area (Å²) in [5.74, 6) is 0. The fraction of sp³-hybridized carbons (Fsp3) is 0.333. The number of rotatable bonds is 4. The zero-order chi connectivity index (χ0) is 10.6. The molecule has 0 saturated heterocycles. The van der Waals surface area contributed by atoms with Gasteiger partial charge in [0.15, 0.2) is 0 Å². The van der Waals surface area contributed by atoms with E-state index in [1.807, 2.05) is 19.1 Å². The molecule has 0 amide bonds. The second-order valence-corrected chi connectivity index (χ2v) is 4.01. The molecular formula is C9H11ClNO2S-. The van der Waals surface area contributed by atoms with Crippen LogP contribution in [0.1, 0.15) is 24.9 Å². The van der Waals surface area contributed by atoms with Gasteiger partial charge >= 0.3 is 0 Å². The van der Waals surface area contributed by atoms with Crippen LogP contribution in [0.5, 0.6) is 0 Å². The van der Waals surface area contributed by atoms with Crippen LogP contribution in [0.2, 0.25) is 5.02 Å². The van der Waals surface area contributed by atoms with Gasteiger partial charge < -0.3 is 4.55 Å². The molecule has 0 bridgehead atoms. The van der Waals surface area contributed by atoms with Crippen LogP contribution in [0.4, 0.5) is 0 Å². The summed E-state index contributed by atoms with van der Waals surface area (Å²) < 4.78 is 23.4. The number of nitrogens with one attached hydrogen (secondary N) is 1. The van der Waals surface area contributed by atoms with Crippen molar-refractivity contribution in [2.75, 3.05) is 0 Å². The Morgan fingerprint density at radius 3 is 2.50 bits per heavy atom. The van der Waals surface area contributed by atoms with Crippen molar-refractivity contribution in [3.05, 3.63) is 34.9 Å². The van der Waals surface area contributed by atoms with Crippen molar-refractivity contribution in [3.63, 3.8) is 0 Å². The van der Waals surface area contributed by atoms with Crippen LogP contribution < -0.4 is 4.72 Å². The quantitative estimate of drug-likeness (QED) is 0.809. The van der Waals surface area contributed by atoms with E-state index in [4.69, 9.17) is 11.6 Å². The maximum Gasteiger partial charge on any atom is 0.0431 e. The highest BCUT2D eigenvalue weighted by atomic mass is 35.5. The molecule has 0 aromatic heterocycles. The van der Waals surface area contributed by atoms with Gasteiger partial charge in [0.2, 0.25) is 0 Å². The molecular weight excluding hydrogens is 222 g/mol. The third-order valence-corrected chi connectivity index (χ3v) is 2.65. The van der Waals surface area contributed by atoms with Gasteiger partial charge in [-0.25, -0.2) is 4.72 Å². The molecule has 5 heteroatoms. The molecule has 0 aliphatic rings. The Kier molecular flexibility index (Phi) is 4.54. The van der Waals surface area contributed by atoms with E-state index in [0.717, 1.165) is 5.56 Å². The van der Waals surface area contributed by atoms with Crippen LogP contribution in [0.25, 0.3) is 0 Å². The van der Waals surface area contributed by atoms with Gasteiger partial charge in [-0.05, 0) is 24.1 Å². The van der Waals surface area contributed by atoms with E-state index in [-0.39, 0.29) is 6.04 Å². The van der Waals surface area contributed by atoms with Crippen molar-refractivity contribution in [2.45, 2.75) is 19.4 Å². The standard InChI is InChI=1S/C9H12ClNO2S/c1-2-9(11-14(12)13)7-3-5-8(10)6-4-7/h3-6,9,11H,2H2,1H3,(H,12,13)/p-1. The highest BCUT2D eigenvalue weighted by Crippen LogP contribution is 2.19. The average Bonchev–Trinajstić information content (AvgIpc) is 2.15. The molecule has 0 spiro atoms. The predicted molar refractivity (Wildman–Crippen MR) is 56.5 cm³/mol. The molecule has 1 N–H and O–H groups in total. The number of benzene rings is 1. The lowest BCUT2D eigenvalue weighted by molar-refractivity contribution is 0.501. The molecule has 0 aliphatic carbocycles. The summed E-state index contributed by atoms with van der Waals surface area (Å²) >= 11 is 3.49. The summed E-state index contributed by atoms with van der Waals surface area (Å²) in [5, 5.41) is 0.645. The van der Waals surface area contributed by atoms with E-state index in [1.54, 1.807) is 12.1 Å². The second kappa shape index (κ2) is 5.46. The van der Waals surface area contributed by atoms with Gasteiger partial charge in [0.1, 0.15) is 0 Å². The number of hydrogen-bond acceptors (Lipinski definition) is 2. The lowest BCUT2D eigenvalue weighted by Gasteiger charge is -2.18. The third-order valence-electron chi connectivity index (χ3n) is 1.92. The SMILES string of the molecule is CCC(NS(=O)[O-])c1ccc(Cl)cc1. The highest BCUT2D eigenvalue weighted by Gasteiger charge is 2.07. The Bertz CT molecular complexity index is 315. The normalized spacial score (nSPS) is 15.1. The zero-order valence-corrected chi connectivity index (χ0v) is 9.27. The van der Waals surface area contributed by atoms with E-state index >= 15 is 0 Å². The predicted octanol–water partition coefficient (Wildman–Crippen LogP) is 2.17. The average molecular weight is 233 g/mol. The van der Waals surface area contributed by atoms with Gasteiger partial charge in [-0.3, -0.25) is 4.21 Å². The molecule has 0 fully saturated rings. The highest BCUT2D eigenvalue weighted by molar-refractivity contribution is 7.77. The Morgan fingerprint density at radius 1 is 1.50 bits per heavy atom. The van der Waals surface area contributed by atoms with Crippen molar-refractivity contribution in [1.29, 1.82) is 0 Å². The molecule has 2 atom stereocenters. The zero-order valence-electron chi connectivity index (χ0n) is 7.70. The van der Waals surface area contributed by atoms with E-state index in [9.17, 15) is 8.76 Å². The topological polar surface area (TPSA) is 52.2 Å². The van der Waals surface area contributed by atoms with Crippen LogP contribution in [0.3, 0.4) is 0 Å². The first-order valence-electron chi connectivity index (χ1n) is 4.24. The molecule has 0 heterocycles. The first-order valence-corrected chi connectivity index (χ1v) is 5.69. The van der Waals surface area contributed by atoms with Crippen LogP contribution in [-0.4, -0.2) is 8.76 Å². The summed E-state index contributed by atoms with van der Waals surface area (Å²) in [6.07, 6.45) is 0.704. The fourth-order valence-corrected chi connectivity index (χ4v) is 1.86. The van der Waals surface area contributed by atoms with E-state index < -0.39 is 11.3 Å². The maximum atomic E-state index is 10.5. The molecule has 78 valence electrons. The first kappa shape index (κ1) is 11.7. The second-order valence-electron chi connectivity index (χ2n) is 2.86. The minimum Gasteiger partial charge on any atom is -0.760 e. The van der Waals surface area contributed by atoms with Gasteiger partial charge in [-0.15, -0.1) is 0 Å². The summed E-state index contributed by atoms with van der Waals surface area (Å²) in [4.78, 5) is 0. The summed E-state index contributed by atoms with van der Waals surface area (Å²) in [6.45, 7) is 1.92. The first-order chi connectivity index (χ1) is 6.63. The van der Waals surface area contributed by atoms with Crippen LogP contribution in [0, 0.1) is 0 Å². The Labute approximate surface area is 90.9 Å². The monoisotopic (exact) mass is 232 g/mol. The third kappa shape index (κ3) is 3.38. The van der Waals surface area contributed by atoms with Gasteiger partial charge in [0.05, 0.1) is 0 Å². The van der Waals surface area contributed by atoms with Gasteiger partial charge in [0, 0.05) is 22.3 Å². The van der Waals surface area contributed by atoms with Crippen LogP contribution in [0.15, 0.2) is 24.3 Å². The van der Waals surface area contributed by atoms with Crippen LogP contribution in [-0.2, 0) is 11.3 Å². The minimum absolute atomic E-state index is 0.175. The van der Waals surface area contributed by atoms with Crippen molar-refractivity contribution < 1.29 is 8.76 Å². The smallest absolute Gasteiger partial charge is 0.0431 e. The summed E-state index contributed by atoms with van der Waals surface area (Å²) in [5.41, 5.74) is 0.918. The van der Waals surface area contributed by atoms with Crippen molar-refractivity contribution in [1.82, 2.24) is 4.72 Å². The Hall–Kier alpha value is -0.420. The molecule has 3 nitrogen and oxygen atoms in total. The minimum atomic E-state index is -2.23. The van der Waals surface area contributed by atoms with Gasteiger partial charge in [-0.1, -0.05) is 30.7 Å². The lowest BCUT2D eigenvalue weighted by atomic mass is 10.1. The maximum absolute atomic E-state index is 10.5. The summed E-state index contributed by atoms with van der Waals surface area (Å²) in [7, 11) is 0. The Balaban J connectivity index is 2.78. The van der Waals surface area contributed by atoms with Crippen molar-refractivity contribution >= 4 is 22.9 Å². The fourth-order valence-electron chi connectivity index (χ4n) is 1.20. The number of hydrogen-bond donors (Lipinski definition) is 1. The molecule has 0 aliphatic heterocycles. The van der Waals surface area contributed by atoms with Crippen molar-refractivity contribution in [2.24, 2.45) is 0 Å². The molecule has 0 saturated carbocycles. The molecule has 1 aromatic carbocycles. The molecule has 2 unspecified atom stereocenters. The van der Waals surface area contributed by atoms with Crippen molar-refractivity contribution in [3.8, 4) is 0 Å². The van der Waals surface area contributed by atoms with Gasteiger partial charge in [0.25, 0.3) is 0 Å². The molecule has 1 aromatic rings. The van der Waals surface area contributed by atoms with E-state index in [0.29, 0.717) is 11.4 Å². The van der Waals surface area contributed by atoms with E-state index in [1.165, 1.54) is 0 Å². The number of halogens is 1. The lowest BCUT2D eigenvalue weighted by Crippen LogP contribution is -2.22. The largest absolute Gasteiger partial charge is 0.760 e. The van der Waals surface area contributed by atoms with E-state index in [2.05, 4.69) is 4.72 Å². The summed E-state index contributed by atoms with van der Waals surface area (Å²) in [6, 6.07) is 6.95. The molecule has 1 rings (SSSR count). The van der Waals surface area contributed by atoms with Gasteiger partial charge in [-0.2, -0.15) is 0 Å². The molecule has 0 radical (unpaired) electrons. The Morgan fingerprint density at radius 2 is 2.07 bits per heavy atom.